The molecule has 0 saturated carbocycles. The van der Waals surface area contributed by atoms with Crippen LogP contribution in [0.25, 0.3) is 0 Å². The third-order valence-electron chi connectivity index (χ3n) is 4.87. The van der Waals surface area contributed by atoms with Crippen molar-refractivity contribution in [3.63, 3.8) is 0 Å². The number of rotatable bonds is 9. The van der Waals surface area contributed by atoms with Gasteiger partial charge in [0.2, 0.25) is 10.0 Å². The van der Waals surface area contributed by atoms with Gasteiger partial charge < -0.3 is 19.5 Å². The minimum Gasteiger partial charge on any atom is -0.486 e. The summed E-state index contributed by atoms with van der Waals surface area (Å²) in [4.78, 5) is 35.3. The smallest absolute Gasteiger partial charge is 0.345 e. The number of ether oxygens (including phenoxy) is 3. The zero-order valence-electron chi connectivity index (χ0n) is 18.5. The molecule has 2 aromatic rings. The maximum absolute atomic E-state index is 12.7. The van der Waals surface area contributed by atoms with Crippen molar-refractivity contribution in [2.24, 2.45) is 0 Å². The highest BCUT2D eigenvalue weighted by molar-refractivity contribution is 7.89. The molecule has 12 nitrogen and oxygen atoms in total. The summed E-state index contributed by atoms with van der Waals surface area (Å²) >= 11 is 0. The molecule has 1 amide bonds. The summed E-state index contributed by atoms with van der Waals surface area (Å²) in [6.45, 7) is 3.68. The zero-order valence-corrected chi connectivity index (χ0v) is 19.3. The van der Waals surface area contributed by atoms with Gasteiger partial charge in [-0.3, -0.25) is 14.9 Å². The van der Waals surface area contributed by atoms with E-state index in [9.17, 15) is 28.1 Å². The summed E-state index contributed by atoms with van der Waals surface area (Å²) in [7, 11) is -3.73. The predicted octanol–water partition coefficient (Wildman–Crippen LogP) is 2.19. The number of nitrogens with zero attached hydrogens (tertiary/aromatic N) is 2. The van der Waals surface area contributed by atoms with Crippen molar-refractivity contribution in [2.75, 3.05) is 38.2 Å². The van der Waals surface area contributed by atoms with Gasteiger partial charge in [-0.25, -0.2) is 13.2 Å². The van der Waals surface area contributed by atoms with Crippen LogP contribution in [0.5, 0.6) is 11.5 Å². The number of fused-ring (bicyclic) bond motifs is 1. The standard InChI is InChI=1S/C21H23N3O9S/c1-3-23(4-2)34(29,30)15-7-5-6-14(10-15)22-20(25)13-33-21(26)16-11-18-19(32-9-8-31-18)12-17(16)24(27)28/h5-7,10-12H,3-4,8-9,13H2,1-2H3,(H,22,25). The number of benzene rings is 2. The van der Waals surface area contributed by atoms with E-state index in [1.165, 1.54) is 28.6 Å². The first-order valence-corrected chi connectivity index (χ1v) is 11.8. The maximum atomic E-state index is 12.7. The molecule has 1 N–H and O–H groups in total. The minimum absolute atomic E-state index is 0.00195. The average Bonchev–Trinajstić information content (AvgIpc) is 2.82. The topological polar surface area (TPSA) is 154 Å². The number of sulfonamides is 1. The van der Waals surface area contributed by atoms with Gasteiger partial charge in [0.15, 0.2) is 18.1 Å². The van der Waals surface area contributed by atoms with Crippen LogP contribution in [-0.4, -0.2) is 62.4 Å². The van der Waals surface area contributed by atoms with Gasteiger partial charge in [-0.2, -0.15) is 4.31 Å². The predicted molar refractivity (Wildman–Crippen MR) is 120 cm³/mol. The number of carbonyl (C=O) groups excluding carboxylic acids is 2. The molecule has 1 heterocycles. The van der Waals surface area contributed by atoms with Crippen LogP contribution in [0.1, 0.15) is 24.2 Å². The molecule has 1 aliphatic rings. The number of esters is 1. The Morgan fingerprint density at radius 1 is 1.12 bits per heavy atom. The molecule has 3 rings (SSSR count). The SMILES string of the molecule is CCN(CC)S(=O)(=O)c1cccc(NC(=O)COC(=O)c2cc3c(cc2[N+](=O)[O-])OCCO3)c1. The second-order valence-corrected chi connectivity index (χ2v) is 8.95. The van der Waals surface area contributed by atoms with Crippen LogP contribution in [-0.2, 0) is 19.6 Å². The van der Waals surface area contributed by atoms with Gasteiger partial charge in [-0.05, 0) is 18.2 Å². The molecule has 0 bridgehead atoms. The van der Waals surface area contributed by atoms with Crippen LogP contribution < -0.4 is 14.8 Å². The molecule has 182 valence electrons. The first kappa shape index (κ1) is 24.9. The number of amides is 1. The molecule has 0 radical (unpaired) electrons. The number of nitro benzene ring substituents is 1. The monoisotopic (exact) mass is 493 g/mol. The van der Waals surface area contributed by atoms with Gasteiger partial charge >= 0.3 is 5.97 Å². The Bertz CT molecular complexity index is 1210. The average molecular weight is 493 g/mol. The lowest BCUT2D eigenvalue weighted by Crippen LogP contribution is -2.30. The van der Waals surface area contributed by atoms with E-state index in [0.717, 1.165) is 12.1 Å². The Balaban J connectivity index is 1.69. The molecule has 1 aliphatic heterocycles. The van der Waals surface area contributed by atoms with Crippen LogP contribution in [0.3, 0.4) is 0 Å². The van der Waals surface area contributed by atoms with Gasteiger partial charge in [-0.15, -0.1) is 0 Å². The number of nitrogens with one attached hydrogen (secondary N) is 1. The van der Waals surface area contributed by atoms with Gasteiger partial charge in [0.1, 0.15) is 18.8 Å². The normalized spacial score (nSPS) is 12.8. The van der Waals surface area contributed by atoms with E-state index in [4.69, 9.17) is 14.2 Å². The fourth-order valence-electron chi connectivity index (χ4n) is 3.25. The Morgan fingerprint density at radius 2 is 1.76 bits per heavy atom. The Kier molecular flexibility index (Phi) is 7.68. The summed E-state index contributed by atoms with van der Waals surface area (Å²) < 4.78 is 42.2. The zero-order chi connectivity index (χ0) is 24.9. The summed E-state index contributed by atoms with van der Waals surface area (Å²) in [5.74, 6) is -1.58. The maximum Gasteiger partial charge on any atom is 0.345 e. The third-order valence-corrected chi connectivity index (χ3v) is 6.92. The fourth-order valence-corrected chi connectivity index (χ4v) is 4.75. The van der Waals surface area contributed by atoms with E-state index in [1.54, 1.807) is 13.8 Å². The van der Waals surface area contributed by atoms with E-state index < -0.39 is 44.7 Å². The summed E-state index contributed by atoms with van der Waals surface area (Å²) in [5.41, 5.74) is -0.766. The highest BCUT2D eigenvalue weighted by atomic mass is 32.2. The highest BCUT2D eigenvalue weighted by Gasteiger charge is 2.28. The Morgan fingerprint density at radius 3 is 2.38 bits per heavy atom. The quantitative estimate of drug-likeness (QED) is 0.314. The second kappa shape index (κ2) is 10.5. The molecule has 0 aliphatic carbocycles. The molecule has 0 fully saturated rings. The minimum atomic E-state index is -3.73. The lowest BCUT2D eigenvalue weighted by molar-refractivity contribution is -0.385. The number of hydrogen-bond acceptors (Lipinski definition) is 9. The summed E-state index contributed by atoms with van der Waals surface area (Å²) in [6, 6.07) is 7.84. The van der Waals surface area contributed by atoms with E-state index >= 15 is 0 Å². The summed E-state index contributed by atoms with van der Waals surface area (Å²) in [6.07, 6.45) is 0. The van der Waals surface area contributed by atoms with Crippen LogP contribution >= 0.6 is 0 Å². The second-order valence-electron chi connectivity index (χ2n) is 7.01. The molecule has 2 aromatic carbocycles. The van der Waals surface area contributed by atoms with Crippen molar-refractivity contribution < 1.29 is 37.1 Å². The first-order valence-electron chi connectivity index (χ1n) is 10.3. The van der Waals surface area contributed by atoms with Gasteiger partial charge in [0.25, 0.3) is 11.6 Å². The van der Waals surface area contributed by atoms with Crippen molar-refractivity contribution in [1.82, 2.24) is 4.31 Å². The first-order chi connectivity index (χ1) is 16.2. The summed E-state index contributed by atoms with van der Waals surface area (Å²) in [5, 5.41) is 13.8. The highest BCUT2D eigenvalue weighted by Crippen LogP contribution is 2.36. The van der Waals surface area contributed by atoms with E-state index in [1.807, 2.05) is 0 Å². The van der Waals surface area contributed by atoms with Crippen molar-refractivity contribution in [1.29, 1.82) is 0 Å². The van der Waals surface area contributed by atoms with Crippen LogP contribution in [0.15, 0.2) is 41.3 Å². The van der Waals surface area contributed by atoms with Crippen LogP contribution in [0.4, 0.5) is 11.4 Å². The number of carbonyl (C=O) groups is 2. The molecule has 0 unspecified atom stereocenters. The van der Waals surface area contributed by atoms with Crippen molar-refractivity contribution >= 4 is 33.3 Å². The number of nitro groups is 1. The molecular formula is C21H23N3O9S. The third kappa shape index (κ3) is 5.43. The fraction of sp³-hybridized carbons (Fsp3) is 0.333. The van der Waals surface area contributed by atoms with Gasteiger partial charge in [0, 0.05) is 24.8 Å². The number of hydrogen-bond donors (Lipinski definition) is 1. The lowest BCUT2D eigenvalue weighted by atomic mass is 10.1. The van der Waals surface area contributed by atoms with Crippen molar-refractivity contribution in [3.8, 4) is 11.5 Å². The molecule has 34 heavy (non-hydrogen) atoms. The van der Waals surface area contributed by atoms with E-state index in [-0.39, 0.29) is 48.4 Å². The van der Waals surface area contributed by atoms with Crippen LogP contribution in [0, 0.1) is 10.1 Å². The Labute approximate surface area is 195 Å². The molecule has 0 aromatic heterocycles. The molecule has 0 atom stereocenters. The largest absolute Gasteiger partial charge is 0.486 e. The van der Waals surface area contributed by atoms with Crippen molar-refractivity contribution in [2.45, 2.75) is 18.7 Å². The molecule has 0 spiro atoms. The molecule has 0 saturated heterocycles. The Hall–Kier alpha value is -3.71. The molecular weight excluding hydrogens is 470 g/mol. The van der Waals surface area contributed by atoms with Gasteiger partial charge in [-0.1, -0.05) is 19.9 Å². The van der Waals surface area contributed by atoms with E-state index in [2.05, 4.69) is 5.32 Å². The van der Waals surface area contributed by atoms with Crippen LogP contribution in [0.2, 0.25) is 0 Å². The van der Waals surface area contributed by atoms with Gasteiger partial charge in [0.05, 0.1) is 15.9 Å². The lowest BCUT2D eigenvalue weighted by Gasteiger charge is -2.19. The van der Waals surface area contributed by atoms with Crippen molar-refractivity contribution in [3.05, 3.63) is 52.1 Å². The van der Waals surface area contributed by atoms with E-state index in [0.29, 0.717) is 0 Å². The number of anilines is 1. The molecule has 13 heteroatoms.